The Morgan fingerprint density at radius 1 is 1.33 bits per heavy atom. The van der Waals surface area contributed by atoms with Gasteiger partial charge in [0, 0.05) is 12.5 Å². The summed E-state index contributed by atoms with van der Waals surface area (Å²) in [5, 5.41) is 8.53. The van der Waals surface area contributed by atoms with Crippen molar-refractivity contribution in [1.82, 2.24) is 19.7 Å². The zero-order valence-corrected chi connectivity index (χ0v) is 12.9. The third-order valence-corrected chi connectivity index (χ3v) is 4.16. The summed E-state index contributed by atoms with van der Waals surface area (Å²) in [7, 11) is 3.87. The smallest absolute Gasteiger partial charge is 0.142 e. The molecular weight excluding hydrogens is 264 g/mol. The molecule has 1 aliphatic heterocycles. The molecule has 5 heteroatoms. The molecule has 1 aromatic carbocycles. The number of ether oxygens (including phenoxy) is 1. The van der Waals surface area contributed by atoms with Crippen molar-refractivity contribution in [2.24, 2.45) is 0 Å². The SMILES string of the molecule is COc1ccc(C)cc1-n1cnnc1[C@@H]1CCCN(C)C1. The number of piperidine rings is 1. The Kier molecular flexibility index (Phi) is 3.92. The van der Waals surface area contributed by atoms with Crippen LogP contribution in [0.2, 0.25) is 0 Å². The number of aryl methyl sites for hydroxylation is 1. The van der Waals surface area contributed by atoms with E-state index in [4.69, 9.17) is 4.74 Å². The van der Waals surface area contributed by atoms with Crippen molar-refractivity contribution in [3.63, 3.8) is 0 Å². The fourth-order valence-corrected chi connectivity index (χ4v) is 3.07. The van der Waals surface area contributed by atoms with Crippen molar-refractivity contribution in [2.75, 3.05) is 27.2 Å². The highest BCUT2D eigenvalue weighted by Crippen LogP contribution is 2.30. The lowest BCUT2D eigenvalue weighted by Gasteiger charge is -2.29. The van der Waals surface area contributed by atoms with Crippen molar-refractivity contribution in [3.8, 4) is 11.4 Å². The summed E-state index contributed by atoms with van der Waals surface area (Å²) in [6.07, 6.45) is 4.16. The number of hydrogen-bond acceptors (Lipinski definition) is 4. The van der Waals surface area contributed by atoms with Gasteiger partial charge in [0.1, 0.15) is 17.9 Å². The first-order valence-electron chi connectivity index (χ1n) is 7.42. The van der Waals surface area contributed by atoms with Gasteiger partial charge in [0.25, 0.3) is 0 Å². The van der Waals surface area contributed by atoms with Gasteiger partial charge in [-0.05, 0) is 51.1 Å². The van der Waals surface area contributed by atoms with Gasteiger partial charge in [-0.15, -0.1) is 10.2 Å². The molecule has 0 amide bonds. The minimum atomic E-state index is 0.427. The van der Waals surface area contributed by atoms with Gasteiger partial charge in [0.05, 0.1) is 12.8 Å². The lowest BCUT2D eigenvalue weighted by molar-refractivity contribution is 0.244. The van der Waals surface area contributed by atoms with Crippen LogP contribution in [0.4, 0.5) is 0 Å². The summed E-state index contributed by atoms with van der Waals surface area (Å²) in [6, 6.07) is 6.18. The second-order valence-electron chi connectivity index (χ2n) is 5.84. The number of likely N-dealkylation sites (N-methyl/N-ethyl adjacent to an activating group) is 1. The Morgan fingerprint density at radius 3 is 2.95 bits per heavy atom. The summed E-state index contributed by atoms with van der Waals surface area (Å²) < 4.78 is 7.58. The van der Waals surface area contributed by atoms with E-state index in [-0.39, 0.29) is 0 Å². The quantitative estimate of drug-likeness (QED) is 0.869. The maximum atomic E-state index is 5.50. The monoisotopic (exact) mass is 286 g/mol. The Bertz CT molecular complexity index is 622. The third-order valence-electron chi connectivity index (χ3n) is 4.16. The van der Waals surface area contributed by atoms with Crippen LogP contribution in [0.5, 0.6) is 5.75 Å². The maximum absolute atomic E-state index is 5.50. The highest BCUT2D eigenvalue weighted by molar-refractivity contribution is 5.49. The van der Waals surface area contributed by atoms with E-state index >= 15 is 0 Å². The molecule has 1 saturated heterocycles. The molecule has 2 heterocycles. The summed E-state index contributed by atoms with van der Waals surface area (Å²) in [6.45, 7) is 4.28. The number of nitrogens with zero attached hydrogens (tertiary/aromatic N) is 4. The van der Waals surface area contributed by atoms with Crippen molar-refractivity contribution in [2.45, 2.75) is 25.7 Å². The fraction of sp³-hybridized carbons (Fsp3) is 0.500. The molecule has 1 aromatic heterocycles. The van der Waals surface area contributed by atoms with E-state index in [0.717, 1.165) is 30.2 Å². The van der Waals surface area contributed by atoms with Crippen LogP contribution >= 0.6 is 0 Å². The van der Waals surface area contributed by atoms with Crippen molar-refractivity contribution in [1.29, 1.82) is 0 Å². The van der Waals surface area contributed by atoms with Crippen LogP contribution in [-0.2, 0) is 0 Å². The number of aromatic nitrogens is 3. The van der Waals surface area contributed by atoms with E-state index in [9.17, 15) is 0 Å². The van der Waals surface area contributed by atoms with E-state index in [1.54, 1.807) is 13.4 Å². The van der Waals surface area contributed by atoms with Crippen LogP contribution < -0.4 is 4.74 Å². The molecular formula is C16H22N4O. The molecule has 2 aromatic rings. The number of methoxy groups -OCH3 is 1. The second-order valence-corrected chi connectivity index (χ2v) is 5.84. The Morgan fingerprint density at radius 2 is 2.19 bits per heavy atom. The molecule has 0 bridgehead atoms. The average Bonchev–Trinajstić information content (AvgIpc) is 2.96. The average molecular weight is 286 g/mol. The van der Waals surface area contributed by atoms with Crippen LogP contribution in [0, 0.1) is 6.92 Å². The number of benzene rings is 1. The van der Waals surface area contributed by atoms with Gasteiger partial charge in [0.2, 0.25) is 0 Å². The van der Waals surface area contributed by atoms with E-state index in [0.29, 0.717) is 5.92 Å². The largest absolute Gasteiger partial charge is 0.495 e. The van der Waals surface area contributed by atoms with Gasteiger partial charge in [-0.3, -0.25) is 4.57 Å². The number of rotatable bonds is 3. The summed E-state index contributed by atoms with van der Waals surface area (Å²) in [4.78, 5) is 2.36. The molecule has 21 heavy (non-hydrogen) atoms. The molecule has 0 unspecified atom stereocenters. The van der Waals surface area contributed by atoms with E-state index in [1.807, 2.05) is 6.07 Å². The van der Waals surface area contributed by atoms with Gasteiger partial charge >= 0.3 is 0 Å². The molecule has 0 spiro atoms. The van der Waals surface area contributed by atoms with Gasteiger partial charge < -0.3 is 9.64 Å². The minimum absolute atomic E-state index is 0.427. The van der Waals surface area contributed by atoms with Crippen molar-refractivity contribution in [3.05, 3.63) is 35.9 Å². The molecule has 1 aliphatic rings. The van der Waals surface area contributed by atoms with E-state index in [1.165, 1.54) is 18.5 Å². The van der Waals surface area contributed by atoms with E-state index in [2.05, 4.69) is 45.8 Å². The molecule has 3 rings (SSSR count). The molecule has 5 nitrogen and oxygen atoms in total. The number of likely N-dealkylation sites (tertiary alicyclic amines) is 1. The molecule has 0 N–H and O–H groups in total. The summed E-state index contributed by atoms with van der Waals surface area (Å²) in [5.74, 6) is 2.31. The molecule has 1 fully saturated rings. The van der Waals surface area contributed by atoms with Crippen LogP contribution in [0.25, 0.3) is 5.69 Å². The molecule has 1 atom stereocenters. The molecule has 0 aliphatic carbocycles. The van der Waals surface area contributed by atoms with Gasteiger partial charge in [-0.2, -0.15) is 0 Å². The van der Waals surface area contributed by atoms with Crippen LogP contribution in [0.15, 0.2) is 24.5 Å². The standard InChI is InChI=1S/C16H22N4O/c1-12-6-7-15(21-3)14(9-12)20-11-17-18-16(20)13-5-4-8-19(2)10-13/h6-7,9,11,13H,4-5,8,10H2,1-3H3/t13-/m1/s1. The van der Waals surface area contributed by atoms with Gasteiger partial charge in [-0.1, -0.05) is 6.07 Å². The number of hydrogen-bond donors (Lipinski definition) is 0. The summed E-state index contributed by atoms with van der Waals surface area (Å²) in [5.41, 5.74) is 2.22. The maximum Gasteiger partial charge on any atom is 0.142 e. The zero-order valence-electron chi connectivity index (χ0n) is 12.9. The van der Waals surface area contributed by atoms with Gasteiger partial charge in [0.15, 0.2) is 0 Å². The first-order valence-corrected chi connectivity index (χ1v) is 7.42. The van der Waals surface area contributed by atoms with Crippen LogP contribution in [-0.4, -0.2) is 46.9 Å². The second kappa shape index (κ2) is 5.85. The molecule has 0 radical (unpaired) electrons. The highest BCUT2D eigenvalue weighted by Gasteiger charge is 2.24. The first kappa shape index (κ1) is 14.1. The predicted octanol–water partition coefficient (Wildman–Crippen LogP) is 2.39. The Labute approximate surface area is 125 Å². The van der Waals surface area contributed by atoms with Gasteiger partial charge in [-0.25, -0.2) is 0 Å². The minimum Gasteiger partial charge on any atom is -0.495 e. The zero-order chi connectivity index (χ0) is 14.8. The van der Waals surface area contributed by atoms with Crippen LogP contribution in [0.1, 0.15) is 30.1 Å². The molecule has 0 saturated carbocycles. The lowest BCUT2D eigenvalue weighted by atomic mass is 9.97. The first-order chi connectivity index (χ1) is 10.2. The van der Waals surface area contributed by atoms with Crippen molar-refractivity contribution < 1.29 is 4.74 Å². The van der Waals surface area contributed by atoms with E-state index < -0.39 is 0 Å². The Balaban J connectivity index is 2.01. The topological polar surface area (TPSA) is 43.2 Å². The highest BCUT2D eigenvalue weighted by atomic mass is 16.5. The van der Waals surface area contributed by atoms with Crippen LogP contribution in [0.3, 0.4) is 0 Å². The molecule has 112 valence electrons. The van der Waals surface area contributed by atoms with Crippen molar-refractivity contribution >= 4 is 0 Å². The predicted molar refractivity (Wildman–Crippen MR) is 82.1 cm³/mol. The fourth-order valence-electron chi connectivity index (χ4n) is 3.07. The Hall–Kier alpha value is -1.88. The normalized spacial score (nSPS) is 19.7. The third kappa shape index (κ3) is 2.78. The lowest BCUT2D eigenvalue weighted by Crippen LogP contribution is -2.32. The summed E-state index contributed by atoms with van der Waals surface area (Å²) >= 11 is 0.